The van der Waals surface area contributed by atoms with E-state index in [1.54, 1.807) is 0 Å². The Balaban J connectivity index is 3.09. The first-order valence-corrected chi connectivity index (χ1v) is 5.69. The summed E-state index contributed by atoms with van der Waals surface area (Å²) < 4.78 is 2.23. The van der Waals surface area contributed by atoms with E-state index in [1.165, 1.54) is 0 Å². The van der Waals surface area contributed by atoms with E-state index in [1.807, 2.05) is 26.4 Å². The van der Waals surface area contributed by atoms with Crippen molar-refractivity contribution in [3.63, 3.8) is 0 Å². The topological polar surface area (TPSA) is 43.8 Å². The molecule has 0 radical (unpaired) electrons. The molecular weight excluding hydrogens is 186 g/mol. The van der Waals surface area contributed by atoms with Crippen molar-refractivity contribution in [3.05, 3.63) is 18.2 Å². The van der Waals surface area contributed by atoms with Crippen LogP contribution in [0, 0.1) is 5.92 Å². The highest BCUT2D eigenvalue weighted by Crippen LogP contribution is 2.26. The number of hydrogen-bond donors (Lipinski definition) is 1. The summed E-state index contributed by atoms with van der Waals surface area (Å²) in [6.07, 6.45) is 4.89. The summed E-state index contributed by atoms with van der Waals surface area (Å²) in [5.41, 5.74) is 6.93. The van der Waals surface area contributed by atoms with Crippen LogP contribution in [0.1, 0.15) is 52.8 Å². The van der Waals surface area contributed by atoms with E-state index in [0.29, 0.717) is 12.0 Å². The van der Waals surface area contributed by atoms with Crippen molar-refractivity contribution in [1.29, 1.82) is 0 Å². The van der Waals surface area contributed by atoms with Gasteiger partial charge in [-0.2, -0.15) is 0 Å². The van der Waals surface area contributed by atoms with E-state index in [-0.39, 0.29) is 5.54 Å². The van der Waals surface area contributed by atoms with E-state index in [0.717, 1.165) is 12.1 Å². The number of nitrogens with zero attached hydrogens (tertiary/aromatic N) is 2. The van der Waals surface area contributed by atoms with Gasteiger partial charge < -0.3 is 10.3 Å². The van der Waals surface area contributed by atoms with Gasteiger partial charge in [0, 0.05) is 12.2 Å². The predicted octanol–water partition coefficient (Wildman–Crippen LogP) is 2.68. The van der Waals surface area contributed by atoms with Crippen LogP contribution in [0.4, 0.5) is 0 Å². The average molecular weight is 209 g/mol. The van der Waals surface area contributed by atoms with E-state index in [4.69, 9.17) is 5.73 Å². The molecule has 0 fully saturated rings. The maximum Gasteiger partial charge on any atom is 0.0951 e. The van der Waals surface area contributed by atoms with Crippen molar-refractivity contribution in [2.24, 2.45) is 11.7 Å². The average Bonchev–Trinajstić information content (AvgIpc) is 2.52. The van der Waals surface area contributed by atoms with Crippen LogP contribution in [0.2, 0.25) is 0 Å². The molecule has 1 unspecified atom stereocenters. The van der Waals surface area contributed by atoms with Gasteiger partial charge in [0.05, 0.1) is 17.6 Å². The first kappa shape index (κ1) is 12.2. The fourth-order valence-electron chi connectivity index (χ4n) is 2.06. The van der Waals surface area contributed by atoms with Crippen LogP contribution in [-0.4, -0.2) is 9.55 Å². The molecule has 0 saturated carbocycles. The molecule has 0 aliphatic rings. The van der Waals surface area contributed by atoms with E-state index in [9.17, 15) is 0 Å². The van der Waals surface area contributed by atoms with Gasteiger partial charge in [0.15, 0.2) is 0 Å². The third-order valence-electron chi connectivity index (χ3n) is 2.87. The standard InChI is InChI=1S/C12H23N3/c1-6-10(9(2)3)15-8-14-7-11(15)12(4,5)13/h7-10H,6,13H2,1-5H3. The van der Waals surface area contributed by atoms with Crippen molar-refractivity contribution in [2.45, 2.75) is 52.6 Å². The summed E-state index contributed by atoms with van der Waals surface area (Å²) in [6.45, 7) is 10.7. The monoisotopic (exact) mass is 209 g/mol. The highest BCUT2D eigenvalue weighted by molar-refractivity contribution is 5.11. The number of aromatic nitrogens is 2. The predicted molar refractivity (Wildman–Crippen MR) is 63.6 cm³/mol. The van der Waals surface area contributed by atoms with Gasteiger partial charge in [-0.05, 0) is 26.2 Å². The molecule has 0 aliphatic heterocycles. The van der Waals surface area contributed by atoms with E-state index >= 15 is 0 Å². The molecule has 0 spiro atoms. The summed E-state index contributed by atoms with van der Waals surface area (Å²) in [5, 5.41) is 0. The van der Waals surface area contributed by atoms with Crippen LogP contribution in [0.3, 0.4) is 0 Å². The highest BCUT2D eigenvalue weighted by Gasteiger charge is 2.23. The van der Waals surface area contributed by atoms with Gasteiger partial charge in [0.25, 0.3) is 0 Å². The van der Waals surface area contributed by atoms with Crippen LogP contribution >= 0.6 is 0 Å². The van der Waals surface area contributed by atoms with Crippen molar-refractivity contribution in [2.75, 3.05) is 0 Å². The Morgan fingerprint density at radius 3 is 2.47 bits per heavy atom. The fourth-order valence-corrected chi connectivity index (χ4v) is 2.06. The summed E-state index contributed by atoms with van der Waals surface area (Å²) in [4.78, 5) is 4.22. The van der Waals surface area contributed by atoms with Crippen molar-refractivity contribution in [3.8, 4) is 0 Å². The Hall–Kier alpha value is -0.830. The van der Waals surface area contributed by atoms with Gasteiger partial charge in [-0.25, -0.2) is 4.98 Å². The normalized spacial score (nSPS) is 14.6. The molecule has 0 amide bonds. The zero-order valence-electron chi connectivity index (χ0n) is 10.5. The molecule has 1 heterocycles. The second-order valence-corrected chi connectivity index (χ2v) is 5.13. The van der Waals surface area contributed by atoms with Crippen molar-refractivity contribution in [1.82, 2.24) is 9.55 Å². The Morgan fingerprint density at radius 1 is 1.47 bits per heavy atom. The Kier molecular flexibility index (Phi) is 3.55. The molecule has 86 valence electrons. The van der Waals surface area contributed by atoms with Gasteiger partial charge in [-0.15, -0.1) is 0 Å². The molecule has 1 atom stereocenters. The van der Waals surface area contributed by atoms with Crippen LogP contribution in [0.5, 0.6) is 0 Å². The van der Waals surface area contributed by atoms with Gasteiger partial charge in [0.2, 0.25) is 0 Å². The lowest BCUT2D eigenvalue weighted by Gasteiger charge is -2.28. The first-order valence-electron chi connectivity index (χ1n) is 5.69. The highest BCUT2D eigenvalue weighted by atomic mass is 15.1. The van der Waals surface area contributed by atoms with E-state index < -0.39 is 0 Å². The fraction of sp³-hybridized carbons (Fsp3) is 0.750. The smallest absolute Gasteiger partial charge is 0.0951 e. The molecule has 0 saturated heterocycles. The number of imidazole rings is 1. The van der Waals surface area contributed by atoms with Crippen LogP contribution in [-0.2, 0) is 5.54 Å². The zero-order valence-corrected chi connectivity index (χ0v) is 10.5. The largest absolute Gasteiger partial charge is 0.330 e. The number of hydrogen-bond acceptors (Lipinski definition) is 2. The maximum atomic E-state index is 6.13. The van der Waals surface area contributed by atoms with Gasteiger partial charge in [-0.3, -0.25) is 0 Å². The van der Waals surface area contributed by atoms with Gasteiger partial charge >= 0.3 is 0 Å². The van der Waals surface area contributed by atoms with E-state index in [2.05, 4.69) is 30.3 Å². The molecule has 1 aromatic heterocycles. The quantitative estimate of drug-likeness (QED) is 0.828. The molecule has 3 heteroatoms. The summed E-state index contributed by atoms with van der Waals surface area (Å²) in [6, 6.07) is 0.491. The van der Waals surface area contributed by atoms with Gasteiger partial charge in [0.1, 0.15) is 0 Å². The second kappa shape index (κ2) is 4.35. The lowest BCUT2D eigenvalue weighted by Crippen LogP contribution is -2.33. The SMILES string of the molecule is CCC(C(C)C)n1cncc1C(C)(C)N. The molecule has 0 bridgehead atoms. The minimum Gasteiger partial charge on any atom is -0.330 e. The minimum atomic E-state index is -0.321. The lowest BCUT2D eigenvalue weighted by atomic mass is 9.98. The third-order valence-corrected chi connectivity index (χ3v) is 2.87. The lowest BCUT2D eigenvalue weighted by molar-refractivity contribution is 0.338. The molecule has 2 N–H and O–H groups in total. The molecule has 1 rings (SSSR count). The van der Waals surface area contributed by atoms with Crippen LogP contribution in [0.15, 0.2) is 12.5 Å². The molecular formula is C12H23N3. The molecule has 1 aromatic rings. The Morgan fingerprint density at radius 2 is 2.07 bits per heavy atom. The molecule has 3 nitrogen and oxygen atoms in total. The number of nitrogens with two attached hydrogens (primary N) is 1. The Bertz CT molecular complexity index is 307. The summed E-state index contributed by atoms with van der Waals surface area (Å²) in [7, 11) is 0. The van der Waals surface area contributed by atoms with Crippen LogP contribution < -0.4 is 5.73 Å². The van der Waals surface area contributed by atoms with Gasteiger partial charge in [-0.1, -0.05) is 20.8 Å². The minimum absolute atomic E-state index is 0.321. The second-order valence-electron chi connectivity index (χ2n) is 5.13. The Labute approximate surface area is 92.7 Å². The first-order chi connectivity index (χ1) is 6.88. The molecule has 0 aromatic carbocycles. The van der Waals surface area contributed by atoms with Crippen molar-refractivity contribution >= 4 is 0 Å². The molecule has 15 heavy (non-hydrogen) atoms. The van der Waals surface area contributed by atoms with Crippen LogP contribution in [0.25, 0.3) is 0 Å². The molecule has 0 aliphatic carbocycles. The third kappa shape index (κ3) is 2.59. The van der Waals surface area contributed by atoms with Crippen molar-refractivity contribution < 1.29 is 0 Å². The maximum absolute atomic E-state index is 6.13. The summed E-state index contributed by atoms with van der Waals surface area (Å²) in [5.74, 6) is 0.602. The summed E-state index contributed by atoms with van der Waals surface area (Å²) >= 11 is 0. The number of rotatable bonds is 4. The zero-order chi connectivity index (χ0) is 11.6.